The molecule has 0 saturated carbocycles. The van der Waals surface area contributed by atoms with Gasteiger partial charge in [-0.25, -0.2) is 13.1 Å². The van der Waals surface area contributed by atoms with Crippen LogP contribution < -0.4 is 4.72 Å². The zero-order chi connectivity index (χ0) is 14.6. The molecule has 0 bridgehead atoms. The van der Waals surface area contributed by atoms with Gasteiger partial charge in [0.05, 0.1) is 5.02 Å². The second-order valence-electron chi connectivity index (χ2n) is 5.31. The Hall–Kier alpha value is -0.650. The molecule has 0 saturated heterocycles. The van der Waals surface area contributed by atoms with Gasteiger partial charge >= 0.3 is 0 Å². The van der Waals surface area contributed by atoms with E-state index in [1.165, 1.54) is 18.5 Å². The van der Waals surface area contributed by atoms with Crippen LogP contribution >= 0.6 is 11.6 Å². The van der Waals surface area contributed by atoms with Gasteiger partial charge in [-0.3, -0.25) is 4.98 Å². The van der Waals surface area contributed by atoms with E-state index in [0.717, 1.165) is 0 Å². The maximum absolute atomic E-state index is 12.2. The molecule has 0 aliphatic rings. The van der Waals surface area contributed by atoms with Crippen LogP contribution in [0.4, 0.5) is 0 Å². The monoisotopic (exact) mass is 304 g/mol. The van der Waals surface area contributed by atoms with Crippen LogP contribution in [0.5, 0.6) is 0 Å². The lowest BCUT2D eigenvalue weighted by atomic mass is 9.86. The van der Waals surface area contributed by atoms with Crippen molar-refractivity contribution in [3.63, 3.8) is 0 Å². The molecule has 0 radical (unpaired) electrons. The molecule has 0 aliphatic carbocycles. The van der Waals surface area contributed by atoms with Gasteiger partial charge in [0, 0.05) is 18.9 Å². The maximum Gasteiger partial charge on any atom is 0.243 e. The highest BCUT2D eigenvalue weighted by Gasteiger charge is 2.23. The van der Waals surface area contributed by atoms with E-state index in [1.807, 2.05) is 0 Å². The Kier molecular flexibility index (Phi) is 5.77. The number of rotatable bonds is 6. The molecule has 1 N–H and O–H groups in total. The van der Waals surface area contributed by atoms with E-state index in [0.29, 0.717) is 18.4 Å². The Morgan fingerprint density at radius 1 is 1.26 bits per heavy atom. The van der Waals surface area contributed by atoms with Gasteiger partial charge in [0.15, 0.2) is 0 Å². The molecule has 0 fully saturated rings. The van der Waals surface area contributed by atoms with Crippen LogP contribution in [0.2, 0.25) is 5.02 Å². The first kappa shape index (κ1) is 16.4. The van der Waals surface area contributed by atoms with Gasteiger partial charge in [0.1, 0.15) is 4.90 Å². The van der Waals surface area contributed by atoms with E-state index < -0.39 is 10.0 Å². The molecule has 1 aromatic rings. The molecular weight excluding hydrogens is 284 g/mol. The first-order chi connectivity index (χ1) is 8.75. The van der Waals surface area contributed by atoms with Crippen LogP contribution in [0, 0.1) is 17.8 Å². The van der Waals surface area contributed by atoms with Gasteiger partial charge in [0.2, 0.25) is 10.0 Å². The van der Waals surface area contributed by atoms with Crippen LogP contribution in [0.3, 0.4) is 0 Å². The lowest BCUT2D eigenvalue weighted by Crippen LogP contribution is -2.34. The highest BCUT2D eigenvalue weighted by molar-refractivity contribution is 7.89. The standard InChI is InChI=1S/C13H21ClN2O2S/c1-9(2)11(10(3)4)7-16-19(17,18)13-8-15-6-5-12(13)14/h5-6,8-11,16H,7H2,1-4H3. The van der Waals surface area contributed by atoms with Crippen LogP contribution in [0.1, 0.15) is 27.7 Å². The van der Waals surface area contributed by atoms with Crippen LogP contribution in [0.15, 0.2) is 23.4 Å². The van der Waals surface area contributed by atoms with Crippen molar-refractivity contribution in [3.8, 4) is 0 Å². The molecule has 0 aromatic carbocycles. The average molecular weight is 305 g/mol. The van der Waals surface area contributed by atoms with Crippen molar-refractivity contribution in [1.82, 2.24) is 9.71 Å². The highest BCUT2D eigenvalue weighted by Crippen LogP contribution is 2.22. The molecule has 4 nitrogen and oxygen atoms in total. The first-order valence-electron chi connectivity index (χ1n) is 6.35. The fraction of sp³-hybridized carbons (Fsp3) is 0.615. The first-order valence-corrected chi connectivity index (χ1v) is 8.21. The van der Waals surface area contributed by atoms with E-state index >= 15 is 0 Å². The van der Waals surface area contributed by atoms with Crippen LogP contribution in [-0.2, 0) is 10.0 Å². The summed E-state index contributed by atoms with van der Waals surface area (Å²) in [6.45, 7) is 8.78. The third-order valence-electron chi connectivity index (χ3n) is 3.25. The number of halogens is 1. The normalized spacial score (nSPS) is 12.6. The van der Waals surface area contributed by atoms with E-state index in [-0.39, 0.29) is 15.8 Å². The van der Waals surface area contributed by atoms with Gasteiger partial charge in [0.25, 0.3) is 0 Å². The number of nitrogens with one attached hydrogen (secondary N) is 1. The summed E-state index contributed by atoms with van der Waals surface area (Å²) in [6.07, 6.45) is 2.73. The summed E-state index contributed by atoms with van der Waals surface area (Å²) in [5.41, 5.74) is 0. The zero-order valence-corrected chi connectivity index (χ0v) is 13.3. The fourth-order valence-electron chi connectivity index (χ4n) is 2.09. The number of pyridine rings is 1. The predicted octanol–water partition coefficient (Wildman–Crippen LogP) is 2.94. The molecule has 0 spiro atoms. The van der Waals surface area contributed by atoms with Gasteiger partial charge in [-0.2, -0.15) is 0 Å². The van der Waals surface area contributed by atoms with Crippen molar-refractivity contribution in [3.05, 3.63) is 23.5 Å². The molecule has 1 heterocycles. The second kappa shape index (κ2) is 6.68. The summed E-state index contributed by atoms with van der Waals surface area (Å²) in [6, 6.07) is 1.47. The van der Waals surface area contributed by atoms with Gasteiger partial charge in [-0.05, 0) is 23.8 Å². The molecule has 6 heteroatoms. The van der Waals surface area contributed by atoms with Crippen LogP contribution in [-0.4, -0.2) is 19.9 Å². The number of nitrogens with zero attached hydrogens (tertiary/aromatic N) is 1. The minimum atomic E-state index is -3.60. The molecule has 1 aromatic heterocycles. The smallest absolute Gasteiger partial charge is 0.243 e. The summed E-state index contributed by atoms with van der Waals surface area (Å²) in [5, 5.41) is 0.188. The average Bonchev–Trinajstić information content (AvgIpc) is 2.28. The Bertz CT molecular complexity index is 507. The van der Waals surface area contributed by atoms with Crippen LogP contribution in [0.25, 0.3) is 0 Å². The van der Waals surface area contributed by atoms with Crippen molar-refractivity contribution >= 4 is 21.6 Å². The minimum Gasteiger partial charge on any atom is -0.263 e. The summed E-state index contributed by atoms with van der Waals surface area (Å²) in [7, 11) is -3.60. The van der Waals surface area contributed by atoms with E-state index in [9.17, 15) is 8.42 Å². The molecule has 1 rings (SSSR count). The SMILES string of the molecule is CC(C)C(CNS(=O)(=O)c1cnccc1Cl)C(C)C. The van der Waals surface area contributed by atoms with Crippen molar-refractivity contribution in [2.24, 2.45) is 17.8 Å². The molecule has 0 amide bonds. The number of sulfonamides is 1. The summed E-state index contributed by atoms with van der Waals surface area (Å²) in [4.78, 5) is 3.84. The number of hydrogen-bond donors (Lipinski definition) is 1. The molecule has 108 valence electrons. The summed E-state index contributed by atoms with van der Waals surface area (Å²) in [5.74, 6) is 1.10. The molecule has 0 atom stereocenters. The maximum atomic E-state index is 12.2. The van der Waals surface area contributed by atoms with Crippen molar-refractivity contribution in [1.29, 1.82) is 0 Å². The summed E-state index contributed by atoms with van der Waals surface area (Å²) >= 11 is 5.89. The predicted molar refractivity (Wildman–Crippen MR) is 77.6 cm³/mol. The highest BCUT2D eigenvalue weighted by atomic mass is 35.5. The lowest BCUT2D eigenvalue weighted by Gasteiger charge is -2.25. The third kappa shape index (κ3) is 4.44. The van der Waals surface area contributed by atoms with Gasteiger partial charge in [-0.1, -0.05) is 39.3 Å². The van der Waals surface area contributed by atoms with E-state index in [4.69, 9.17) is 11.6 Å². The molecular formula is C13H21ClN2O2S. The third-order valence-corrected chi connectivity index (χ3v) is 5.14. The molecule has 19 heavy (non-hydrogen) atoms. The Balaban J connectivity index is 2.84. The lowest BCUT2D eigenvalue weighted by molar-refractivity contribution is 0.289. The number of hydrogen-bond acceptors (Lipinski definition) is 3. The van der Waals surface area contributed by atoms with Gasteiger partial charge in [-0.15, -0.1) is 0 Å². The minimum absolute atomic E-state index is 0.0305. The summed E-state index contributed by atoms with van der Waals surface area (Å²) < 4.78 is 27.0. The van der Waals surface area contributed by atoms with E-state index in [1.54, 1.807) is 0 Å². The van der Waals surface area contributed by atoms with Gasteiger partial charge < -0.3 is 0 Å². The topological polar surface area (TPSA) is 59.1 Å². The van der Waals surface area contributed by atoms with E-state index in [2.05, 4.69) is 37.4 Å². The largest absolute Gasteiger partial charge is 0.263 e. The van der Waals surface area contributed by atoms with Crippen molar-refractivity contribution < 1.29 is 8.42 Å². The Morgan fingerprint density at radius 2 is 1.84 bits per heavy atom. The zero-order valence-electron chi connectivity index (χ0n) is 11.7. The fourth-order valence-corrected chi connectivity index (χ4v) is 3.59. The Labute approximate surface area is 120 Å². The molecule has 0 unspecified atom stereocenters. The van der Waals surface area contributed by atoms with Crippen molar-refractivity contribution in [2.75, 3.05) is 6.54 Å². The number of aromatic nitrogens is 1. The molecule has 0 aliphatic heterocycles. The second-order valence-corrected chi connectivity index (χ2v) is 7.45. The Morgan fingerprint density at radius 3 is 2.32 bits per heavy atom. The quantitative estimate of drug-likeness (QED) is 0.879. The van der Waals surface area contributed by atoms with Crippen molar-refractivity contribution in [2.45, 2.75) is 32.6 Å².